The topological polar surface area (TPSA) is 27.0 Å². The minimum absolute atomic E-state index is 0.103. The molecule has 1 aromatic carbocycles. The van der Waals surface area contributed by atoms with Gasteiger partial charge in [-0.1, -0.05) is 43.5 Å². The number of hydrogen-bond donors (Lipinski definition) is 0. The Labute approximate surface area is 110 Å². The van der Waals surface area contributed by atoms with Crippen LogP contribution in [-0.4, -0.2) is 18.0 Å². The molecule has 0 amide bonds. The van der Waals surface area contributed by atoms with E-state index in [1.54, 1.807) is 0 Å². The number of nitriles is 1. The van der Waals surface area contributed by atoms with Crippen LogP contribution in [0.3, 0.4) is 0 Å². The second kappa shape index (κ2) is 6.02. The monoisotopic (exact) mass is 242 g/mol. The van der Waals surface area contributed by atoms with Crippen LogP contribution in [0.5, 0.6) is 0 Å². The quantitative estimate of drug-likeness (QED) is 0.805. The van der Waals surface area contributed by atoms with Crippen LogP contribution in [0.15, 0.2) is 24.3 Å². The Kier molecular flexibility index (Phi) is 4.38. The summed E-state index contributed by atoms with van der Waals surface area (Å²) in [4.78, 5) is 2.28. The maximum Gasteiger partial charge on any atom is 0.124 e. The summed E-state index contributed by atoms with van der Waals surface area (Å²) in [5, 5.41) is 9.51. The molecule has 2 rings (SSSR count). The first-order valence-electron chi connectivity index (χ1n) is 6.91. The van der Waals surface area contributed by atoms with Crippen molar-refractivity contribution in [3.8, 4) is 6.07 Å². The molecule has 0 saturated heterocycles. The lowest BCUT2D eigenvalue weighted by molar-refractivity contribution is 0.164. The third-order valence-electron chi connectivity index (χ3n) is 4.16. The Morgan fingerprint density at radius 3 is 2.50 bits per heavy atom. The van der Waals surface area contributed by atoms with Crippen molar-refractivity contribution in [1.29, 1.82) is 5.26 Å². The molecule has 1 fully saturated rings. The molecule has 96 valence electrons. The third-order valence-corrected chi connectivity index (χ3v) is 4.16. The van der Waals surface area contributed by atoms with Gasteiger partial charge in [-0.3, -0.25) is 4.90 Å². The smallest absolute Gasteiger partial charge is 0.124 e. The lowest BCUT2D eigenvalue weighted by Crippen LogP contribution is -2.36. The molecular formula is C16H22N2. The highest BCUT2D eigenvalue weighted by atomic mass is 15.2. The Hall–Kier alpha value is -1.33. The number of aryl methyl sites for hydroxylation is 1. The Morgan fingerprint density at radius 1 is 1.22 bits per heavy atom. The minimum Gasteiger partial charge on any atom is -0.284 e. The van der Waals surface area contributed by atoms with Crippen molar-refractivity contribution in [2.24, 2.45) is 0 Å². The molecular weight excluding hydrogens is 220 g/mol. The van der Waals surface area contributed by atoms with Gasteiger partial charge in [0, 0.05) is 6.04 Å². The highest BCUT2D eigenvalue weighted by molar-refractivity contribution is 5.32. The van der Waals surface area contributed by atoms with Gasteiger partial charge in [-0.15, -0.1) is 0 Å². The average molecular weight is 242 g/mol. The van der Waals surface area contributed by atoms with Gasteiger partial charge in [-0.05, 0) is 37.9 Å². The molecule has 1 aromatic rings. The van der Waals surface area contributed by atoms with Crippen LogP contribution in [0.25, 0.3) is 0 Å². The van der Waals surface area contributed by atoms with Crippen molar-refractivity contribution < 1.29 is 0 Å². The Balaban J connectivity index is 2.18. The largest absolute Gasteiger partial charge is 0.284 e. The molecule has 1 aliphatic rings. The van der Waals surface area contributed by atoms with Crippen LogP contribution in [0.2, 0.25) is 0 Å². The van der Waals surface area contributed by atoms with Gasteiger partial charge in [0.2, 0.25) is 0 Å². The first kappa shape index (κ1) is 13.1. The van der Waals surface area contributed by atoms with E-state index < -0.39 is 0 Å². The fraction of sp³-hybridized carbons (Fsp3) is 0.562. The molecule has 18 heavy (non-hydrogen) atoms. The highest BCUT2D eigenvalue weighted by Crippen LogP contribution is 2.29. The summed E-state index contributed by atoms with van der Waals surface area (Å²) in [6, 6.07) is 11.2. The van der Waals surface area contributed by atoms with E-state index in [1.165, 1.54) is 37.7 Å². The molecule has 1 unspecified atom stereocenters. The van der Waals surface area contributed by atoms with Crippen LogP contribution < -0.4 is 0 Å². The maximum atomic E-state index is 9.51. The number of benzene rings is 1. The molecule has 2 nitrogen and oxygen atoms in total. The van der Waals surface area contributed by atoms with Gasteiger partial charge in [0.1, 0.15) is 6.04 Å². The zero-order valence-corrected chi connectivity index (χ0v) is 11.4. The first-order chi connectivity index (χ1) is 8.74. The Morgan fingerprint density at radius 2 is 1.89 bits per heavy atom. The van der Waals surface area contributed by atoms with Crippen molar-refractivity contribution in [3.05, 3.63) is 35.4 Å². The van der Waals surface area contributed by atoms with Crippen molar-refractivity contribution in [2.45, 2.75) is 51.1 Å². The molecule has 0 aliphatic heterocycles. The number of nitrogens with zero attached hydrogens (tertiary/aromatic N) is 2. The highest BCUT2D eigenvalue weighted by Gasteiger charge is 2.26. The van der Waals surface area contributed by atoms with Crippen molar-refractivity contribution in [1.82, 2.24) is 4.90 Å². The van der Waals surface area contributed by atoms with Gasteiger partial charge in [0.15, 0.2) is 0 Å². The van der Waals surface area contributed by atoms with Crippen LogP contribution >= 0.6 is 0 Å². The van der Waals surface area contributed by atoms with Gasteiger partial charge < -0.3 is 0 Å². The van der Waals surface area contributed by atoms with E-state index in [4.69, 9.17) is 0 Å². The average Bonchev–Trinajstić information content (AvgIpc) is 2.42. The summed E-state index contributed by atoms with van der Waals surface area (Å²) < 4.78 is 0. The van der Waals surface area contributed by atoms with Gasteiger partial charge in [-0.2, -0.15) is 5.26 Å². The molecule has 1 atom stereocenters. The maximum absolute atomic E-state index is 9.51. The first-order valence-corrected chi connectivity index (χ1v) is 6.91. The lowest BCUT2D eigenvalue weighted by atomic mass is 9.92. The predicted octanol–water partition coefficient (Wildman–Crippen LogP) is 3.82. The SMILES string of the molecule is Cc1ccccc1C(C#N)N(C)C1CCCCC1. The summed E-state index contributed by atoms with van der Waals surface area (Å²) >= 11 is 0. The molecule has 0 bridgehead atoms. The van der Waals surface area contributed by atoms with Gasteiger partial charge in [-0.25, -0.2) is 0 Å². The van der Waals surface area contributed by atoms with E-state index in [9.17, 15) is 5.26 Å². The lowest BCUT2D eigenvalue weighted by Gasteiger charge is -2.34. The standard InChI is InChI=1S/C16H22N2/c1-13-8-6-7-11-15(13)16(12-17)18(2)14-9-4-3-5-10-14/h6-8,11,14,16H,3-5,9-10H2,1-2H3. The summed E-state index contributed by atoms with van der Waals surface area (Å²) in [6.45, 7) is 2.09. The number of hydrogen-bond acceptors (Lipinski definition) is 2. The zero-order valence-electron chi connectivity index (χ0n) is 11.4. The molecule has 0 N–H and O–H groups in total. The summed E-state index contributed by atoms with van der Waals surface area (Å²) in [6.07, 6.45) is 6.44. The van der Waals surface area contributed by atoms with Crippen molar-refractivity contribution in [3.63, 3.8) is 0 Å². The van der Waals surface area contributed by atoms with Gasteiger partial charge in [0.25, 0.3) is 0 Å². The van der Waals surface area contributed by atoms with E-state index in [0.717, 1.165) is 5.56 Å². The molecule has 2 heteroatoms. The van der Waals surface area contributed by atoms with Crippen LogP contribution in [0, 0.1) is 18.3 Å². The van der Waals surface area contributed by atoms with Crippen molar-refractivity contribution in [2.75, 3.05) is 7.05 Å². The number of rotatable bonds is 3. The second-order valence-corrected chi connectivity index (χ2v) is 5.35. The molecule has 1 saturated carbocycles. The fourth-order valence-corrected chi connectivity index (χ4v) is 2.97. The minimum atomic E-state index is -0.103. The molecule has 0 spiro atoms. The van der Waals surface area contributed by atoms with E-state index in [2.05, 4.69) is 37.1 Å². The Bertz CT molecular complexity index is 427. The van der Waals surface area contributed by atoms with Crippen LogP contribution in [-0.2, 0) is 0 Å². The van der Waals surface area contributed by atoms with E-state index in [-0.39, 0.29) is 6.04 Å². The second-order valence-electron chi connectivity index (χ2n) is 5.35. The normalized spacial score (nSPS) is 18.6. The van der Waals surface area contributed by atoms with E-state index in [0.29, 0.717) is 6.04 Å². The summed E-state index contributed by atoms with van der Waals surface area (Å²) in [7, 11) is 2.11. The van der Waals surface area contributed by atoms with E-state index in [1.807, 2.05) is 12.1 Å². The third kappa shape index (κ3) is 2.73. The van der Waals surface area contributed by atoms with E-state index >= 15 is 0 Å². The zero-order chi connectivity index (χ0) is 13.0. The summed E-state index contributed by atoms with van der Waals surface area (Å²) in [5.41, 5.74) is 2.37. The summed E-state index contributed by atoms with van der Waals surface area (Å²) in [5.74, 6) is 0. The van der Waals surface area contributed by atoms with Crippen LogP contribution in [0.1, 0.15) is 49.3 Å². The molecule has 0 aromatic heterocycles. The fourth-order valence-electron chi connectivity index (χ4n) is 2.97. The molecule has 0 radical (unpaired) electrons. The molecule has 1 aliphatic carbocycles. The van der Waals surface area contributed by atoms with Gasteiger partial charge >= 0.3 is 0 Å². The van der Waals surface area contributed by atoms with Crippen molar-refractivity contribution >= 4 is 0 Å². The van der Waals surface area contributed by atoms with Gasteiger partial charge in [0.05, 0.1) is 6.07 Å². The molecule has 0 heterocycles. The predicted molar refractivity (Wildman–Crippen MR) is 74.2 cm³/mol. The van der Waals surface area contributed by atoms with Crippen LogP contribution in [0.4, 0.5) is 0 Å².